The molecule has 0 saturated heterocycles. The summed E-state index contributed by atoms with van der Waals surface area (Å²) in [6.07, 6.45) is 2.04. The van der Waals surface area contributed by atoms with Crippen LogP contribution in [0.2, 0.25) is 0 Å². The number of aromatic nitrogens is 3. The quantitative estimate of drug-likeness (QED) is 0.259. The van der Waals surface area contributed by atoms with Crippen LogP contribution in [0.4, 0.5) is 0 Å². The number of pyridine rings is 1. The van der Waals surface area contributed by atoms with Gasteiger partial charge in [0, 0.05) is 27.7 Å². The van der Waals surface area contributed by atoms with Crippen LogP contribution in [-0.2, 0) is 0 Å². The molecule has 6 aromatic rings. The van der Waals surface area contributed by atoms with Gasteiger partial charge in [-0.05, 0) is 80.5 Å². The summed E-state index contributed by atoms with van der Waals surface area (Å²) in [5, 5.41) is 8.70. The van der Waals surface area contributed by atoms with Crippen LogP contribution in [-0.4, -0.2) is 14.2 Å². The van der Waals surface area contributed by atoms with Gasteiger partial charge in [0.05, 0.1) is 22.9 Å². The van der Waals surface area contributed by atoms with Crippen LogP contribution < -0.4 is 0 Å². The zero-order valence-electron chi connectivity index (χ0n) is 19.8. The molecule has 0 aliphatic heterocycles. The minimum Gasteiger partial charge on any atom is -0.318 e. The Morgan fingerprint density at radius 2 is 1.30 bits per heavy atom. The molecule has 0 spiro atoms. The van der Waals surface area contributed by atoms with Crippen LogP contribution in [0, 0.1) is 34.6 Å². The average molecular weight is 430 g/mol. The third-order valence-corrected chi connectivity index (χ3v) is 7.05. The normalized spacial score (nSPS) is 11.8. The first kappa shape index (κ1) is 19.8. The van der Waals surface area contributed by atoms with Gasteiger partial charge in [-0.15, -0.1) is 0 Å². The lowest BCUT2D eigenvalue weighted by molar-refractivity contribution is 0.959. The summed E-state index contributed by atoms with van der Waals surface area (Å²) in [5.41, 5.74) is 12.3. The molecule has 3 heterocycles. The Balaban J connectivity index is 1.86. The Morgan fingerprint density at radius 1 is 0.636 bits per heavy atom. The highest BCUT2D eigenvalue weighted by atomic mass is 15.2. The molecule has 3 nitrogen and oxygen atoms in total. The number of rotatable bonds is 2. The molecule has 162 valence electrons. The number of hydrogen-bond acceptors (Lipinski definition) is 1. The first-order valence-corrected chi connectivity index (χ1v) is 11.5. The predicted octanol–water partition coefficient (Wildman–Crippen LogP) is 7.64. The van der Waals surface area contributed by atoms with Gasteiger partial charge >= 0.3 is 0 Å². The lowest BCUT2D eigenvalue weighted by atomic mass is 9.94. The first-order chi connectivity index (χ1) is 16.0. The van der Waals surface area contributed by atoms with E-state index in [1.54, 1.807) is 0 Å². The van der Waals surface area contributed by atoms with Crippen molar-refractivity contribution in [3.05, 3.63) is 101 Å². The second kappa shape index (κ2) is 7.08. The molecule has 3 aromatic carbocycles. The Labute approximate surface area is 193 Å². The van der Waals surface area contributed by atoms with Crippen molar-refractivity contribution in [2.45, 2.75) is 34.6 Å². The van der Waals surface area contributed by atoms with Crippen LogP contribution in [0.15, 0.2) is 72.9 Å². The molecule has 6 rings (SSSR count). The van der Waals surface area contributed by atoms with Crippen molar-refractivity contribution in [3.8, 4) is 16.8 Å². The van der Waals surface area contributed by atoms with Gasteiger partial charge in [0.2, 0.25) is 0 Å². The second-order valence-corrected chi connectivity index (χ2v) is 9.21. The van der Waals surface area contributed by atoms with Crippen LogP contribution in [0.25, 0.3) is 44.0 Å². The summed E-state index contributed by atoms with van der Waals surface area (Å²) in [6, 6.07) is 24.1. The molecule has 0 fully saturated rings. The van der Waals surface area contributed by atoms with E-state index in [0.29, 0.717) is 0 Å². The van der Waals surface area contributed by atoms with E-state index < -0.39 is 0 Å². The minimum absolute atomic E-state index is 1.13. The van der Waals surface area contributed by atoms with Gasteiger partial charge < -0.3 is 4.57 Å². The van der Waals surface area contributed by atoms with Gasteiger partial charge in [-0.1, -0.05) is 48.5 Å². The molecule has 0 amide bonds. The Bertz CT molecular complexity index is 1670. The molecule has 0 atom stereocenters. The summed E-state index contributed by atoms with van der Waals surface area (Å²) < 4.78 is 4.53. The van der Waals surface area contributed by atoms with Crippen LogP contribution in [0.5, 0.6) is 0 Å². The van der Waals surface area contributed by atoms with Crippen molar-refractivity contribution in [2.24, 2.45) is 0 Å². The fourth-order valence-electron chi connectivity index (χ4n) is 5.56. The maximum atomic E-state index is 4.96. The number of hydrogen-bond donors (Lipinski definition) is 0. The molecule has 0 bridgehead atoms. The fourth-order valence-corrected chi connectivity index (χ4v) is 5.56. The highest BCUT2D eigenvalue weighted by molar-refractivity contribution is 6.18. The third-order valence-electron chi connectivity index (χ3n) is 7.05. The van der Waals surface area contributed by atoms with E-state index in [4.69, 9.17) is 5.10 Å². The third kappa shape index (κ3) is 2.72. The van der Waals surface area contributed by atoms with Crippen molar-refractivity contribution < 1.29 is 0 Å². The first-order valence-electron chi connectivity index (χ1n) is 11.5. The lowest BCUT2D eigenvalue weighted by Crippen LogP contribution is -2.05. The van der Waals surface area contributed by atoms with Crippen LogP contribution in [0.3, 0.4) is 0 Å². The standard InChI is InChI=1S/C30H27N3/c1-18-9-8-10-19(2)27(18)25-17-31-33-26-16-13-20(3)29(32-21(4)14-15-22(32)5)28(26)23-11-6-7-12-24(23)30(25)33/h6-17H,1-5H3. The van der Waals surface area contributed by atoms with Crippen molar-refractivity contribution in [1.82, 2.24) is 14.2 Å². The SMILES string of the molecule is Cc1cccc(C)c1-c1cnn2c3ccc(C)c(-n4c(C)ccc4C)c3c3ccccc3c12. The Hall–Kier alpha value is -3.85. The number of aryl methyl sites for hydroxylation is 5. The van der Waals surface area contributed by atoms with Crippen molar-refractivity contribution in [2.75, 3.05) is 0 Å². The molecule has 0 saturated carbocycles. The van der Waals surface area contributed by atoms with Crippen molar-refractivity contribution in [1.29, 1.82) is 0 Å². The van der Waals surface area contributed by atoms with E-state index in [9.17, 15) is 0 Å². The molecule has 0 unspecified atom stereocenters. The molecular weight excluding hydrogens is 402 g/mol. The van der Waals surface area contributed by atoms with Gasteiger partial charge in [-0.3, -0.25) is 0 Å². The highest BCUT2D eigenvalue weighted by Gasteiger charge is 2.20. The summed E-state index contributed by atoms with van der Waals surface area (Å²) in [6.45, 7) is 10.9. The molecule has 33 heavy (non-hydrogen) atoms. The van der Waals surface area contributed by atoms with E-state index in [2.05, 4.69) is 110 Å². The maximum absolute atomic E-state index is 4.96. The minimum atomic E-state index is 1.13. The molecule has 3 heteroatoms. The number of fused-ring (bicyclic) bond motifs is 6. The van der Waals surface area contributed by atoms with Gasteiger partial charge in [-0.25, -0.2) is 4.52 Å². The van der Waals surface area contributed by atoms with E-state index in [0.717, 1.165) is 5.52 Å². The van der Waals surface area contributed by atoms with Gasteiger partial charge in [0.15, 0.2) is 0 Å². The smallest absolute Gasteiger partial charge is 0.0826 e. The van der Waals surface area contributed by atoms with E-state index in [-0.39, 0.29) is 0 Å². The van der Waals surface area contributed by atoms with Crippen molar-refractivity contribution in [3.63, 3.8) is 0 Å². The molecule has 0 N–H and O–H groups in total. The van der Waals surface area contributed by atoms with E-state index >= 15 is 0 Å². The zero-order chi connectivity index (χ0) is 22.9. The lowest BCUT2D eigenvalue weighted by Gasteiger charge is -2.19. The summed E-state index contributed by atoms with van der Waals surface area (Å²) in [5.74, 6) is 0. The Morgan fingerprint density at radius 3 is 2.00 bits per heavy atom. The number of nitrogens with zero attached hydrogens (tertiary/aromatic N) is 3. The predicted molar refractivity (Wildman–Crippen MR) is 139 cm³/mol. The second-order valence-electron chi connectivity index (χ2n) is 9.21. The zero-order valence-corrected chi connectivity index (χ0v) is 19.8. The maximum Gasteiger partial charge on any atom is 0.0826 e. The van der Waals surface area contributed by atoms with Crippen molar-refractivity contribution >= 4 is 27.2 Å². The molecular formula is C30H27N3. The summed E-state index contributed by atoms with van der Waals surface area (Å²) in [4.78, 5) is 0. The summed E-state index contributed by atoms with van der Waals surface area (Å²) in [7, 11) is 0. The van der Waals surface area contributed by atoms with E-state index in [1.165, 1.54) is 66.6 Å². The molecule has 0 radical (unpaired) electrons. The molecule has 3 aromatic heterocycles. The van der Waals surface area contributed by atoms with Crippen LogP contribution >= 0.6 is 0 Å². The highest BCUT2D eigenvalue weighted by Crippen LogP contribution is 2.40. The average Bonchev–Trinajstić information content (AvgIpc) is 3.38. The monoisotopic (exact) mass is 429 g/mol. The largest absolute Gasteiger partial charge is 0.318 e. The van der Waals surface area contributed by atoms with Gasteiger partial charge in [-0.2, -0.15) is 5.10 Å². The topological polar surface area (TPSA) is 22.2 Å². The van der Waals surface area contributed by atoms with E-state index in [1.807, 2.05) is 6.20 Å². The molecule has 0 aliphatic carbocycles. The Kier molecular flexibility index (Phi) is 4.25. The number of benzene rings is 3. The van der Waals surface area contributed by atoms with Gasteiger partial charge in [0.25, 0.3) is 0 Å². The molecule has 0 aliphatic rings. The summed E-state index contributed by atoms with van der Waals surface area (Å²) >= 11 is 0. The van der Waals surface area contributed by atoms with Gasteiger partial charge in [0.1, 0.15) is 0 Å². The fraction of sp³-hybridized carbons (Fsp3) is 0.167. The van der Waals surface area contributed by atoms with Crippen LogP contribution in [0.1, 0.15) is 28.1 Å².